The first-order chi connectivity index (χ1) is 11.0. The standard InChI is InChI=1S/C17H28N4O2/c1-4-23-13-5-12(6-13)8-21-9-15(16(10-21)17(18)22)14-7-19-20(3)11(14)2/h7,12-13,15-16H,4-6,8-10H2,1-3H3,(H2,18,22)/t12?,13?,15-,16+/m1/s1. The summed E-state index contributed by atoms with van der Waals surface area (Å²) in [7, 11) is 1.94. The highest BCUT2D eigenvalue weighted by Gasteiger charge is 2.41. The quantitative estimate of drug-likeness (QED) is 0.850. The molecule has 2 heterocycles. The van der Waals surface area contributed by atoms with Gasteiger partial charge in [0.05, 0.1) is 18.2 Å². The van der Waals surface area contributed by atoms with E-state index in [4.69, 9.17) is 10.5 Å². The topological polar surface area (TPSA) is 73.4 Å². The summed E-state index contributed by atoms with van der Waals surface area (Å²) in [4.78, 5) is 14.3. The Hall–Kier alpha value is -1.40. The van der Waals surface area contributed by atoms with Crippen molar-refractivity contribution in [1.29, 1.82) is 0 Å². The van der Waals surface area contributed by atoms with Crippen molar-refractivity contribution in [3.8, 4) is 0 Å². The number of hydrogen-bond acceptors (Lipinski definition) is 4. The van der Waals surface area contributed by atoms with Crippen molar-refractivity contribution < 1.29 is 9.53 Å². The van der Waals surface area contributed by atoms with Crippen LogP contribution in [0, 0.1) is 18.8 Å². The second-order valence-electron chi connectivity index (χ2n) is 7.06. The van der Waals surface area contributed by atoms with Crippen molar-refractivity contribution in [3.63, 3.8) is 0 Å². The van der Waals surface area contributed by atoms with Crippen LogP contribution >= 0.6 is 0 Å². The zero-order valence-electron chi connectivity index (χ0n) is 14.4. The summed E-state index contributed by atoms with van der Waals surface area (Å²) in [5.74, 6) is 0.556. The highest BCUT2D eigenvalue weighted by molar-refractivity contribution is 5.78. The highest BCUT2D eigenvalue weighted by Crippen LogP contribution is 2.37. The first kappa shape index (κ1) is 16.5. The van der Waals surface area contributed by atoms with Crippen molar-refractivity contribution in [1.82, 2.24) is 14.7 Å². The number of amides is 1. The van der Waals surface area contributed by atoms with E-state index < -0.39 is 0 Å². The van der Waals surface area contributed by atoms with Gasteiger partial charge in [-0.1, -0.05) is 0 Å². The van der Waals surface area contributed by atoms with E-state index in [2.05, 4.69) is 16.9 Å². The molecule has 0 bridgehead atoms. The molecule has 2 fully saturated rings. The fourth-order valence-electron chi connectivity index (χ4n) is 4.08. The van der Waals surface area contributed by atoms with Gasteiger partial charge in [-0.2, -0.15) is 5.10 Å². The van der Waals surface area contributed by atoms with Gasteiger partial charge in [-0.15, -0.1) is 0 Å². The van der Waals surface area contributed by atoms with E-state index in [0.29, 0.717) is 12.0 Å². The maximum absolute atomic E-state index is 11.9. The normalized spacial score (nSPS) is 31.3. The highest BCUT2D eigenvalue weighted by atomic mass is 16.5. The molecule has 6 heteroatoms. The van der Waals surface area contributed by atoms with Crippen LogP contribution in [0.2, 0.25) is 0 Å². The minimum Gasteiger partial charge on any atom is -0.378 e. The Bertz CT molecular complexity index is 565. The van der Waals surface area contributed by atoms with Crippen molar-refractivity contribution >= 4 is 5.91 Å². The molecule has 1 aliphatic carbocycles. The monoisotopic (exact) mass is 320 g/mol. The molecule has 1 saturated carbocycles. The van der Waals surface area contributed by atoms with Crippen molar-refractivity contribution in [2.75, 3.05) is 26.2 Å². The predicted octanol–water partition coefficient (Wildman–Crippen LogP) is 1.04. The lowest BCUT2D eigenvalue weighted by Crippen LogP contribution is -2.39. The Kier molecular flexibility index (Phi) is 4.73. The molecule has 0 radical (unpaired) electrons. The van der Waals surface area contributed by atoms with Crippen LogP contribution in [-0.2, 0) is 16.6 Å². The molecule has 23 heavy (non-hydrogen) atoms. The van der Waals surface area contributed by atoms with Crippen molar-refractivity contribution in [3.05, 3.63) is 17.5 Å². The maximum Gasteiger partial charge on any atom is 0.222 e. The molecule has 1 aromatic heterocycles. The smallest absolute Gasteiger partial charge is 0.222 e. The van der Waals surface area contributed by atoms with Crippen molar-refractivity contribution in [2.24, 2.45) is 24.6 Å². The van der Waals surface area contributed by atoms with E-state index in [1.807, 2.05) is 24.9 Å². The molecular formula is C17H28N4O2. The Morgan fingerprint density at radius 3 is 2.74 bits per heavy atom. The molecule has 3 rings (SSSR count). The first-order valence-corrected chi connectivity index (χ1v) is 8.61. The van der Waals surface area contributed by atoms with Gasteiger partial charge in [-0.05, 0) is 38.2 Å². The summed E-state index contributed by atoms with van der Waals surface area (Å²) in [6.07, 6.45) is 4.62. The van der Waals surface area contributed by atoms with E-state index >= 15 is 0 Å². The minimum absolute atomic E-state index is 0.110. The molecule has 0 unspecified atom stereocenters. The summed E-state index contributed by atoms with van der Waals surface area (Å²) in [6.45, 7) is 7.62. The third kappa shape index (κ3) is 3.28. The number of likely N-dealkylation sites (tertiary alicyclic amines) is 1. The molecule has 1 aromatic rings. The third-order valence-electron chi connectivity index (χ3n) is 5.54. The summed E-state index contributed by atoms with van der Waals surface area (Å²) in [5.41, 5.74) is 7.96. The molecule has 1 saturated heterocycles. The average Bonchev–Trinajstić information content (AvgIpc) is 3.02. The van der Waals surface area contributed by atoms with Gasteiger partial charge in [0.1, 0.15) is 0 Å². The van der Waals surface area contributed by atoms with E-state index in [-0.39, 0.29) is 17.7 Å². The molecule has 1 amide bonds. The van der Waals surface area contributed by atoms with Gasteiger partial charge in [0.25, 0.3) is 0 Å². The molecule has 2 atom stereocenters. The zero-order chi connectivity index (χ0) is 16.6. The summed E-state index contributed by atoms with van der Waals surface area (Å²) >= 11 is 0. The molecule has 2 aliphatic rings. The number of hydrogen-bond donors (Lipinski definition) is 1. The van der Waals surface area contributed by atoms with Crippen LogP contribution in [0.1, 0.15) is 36.9 Å². The third-order valence-corrected chi connectivity index (χ3v) is 5.54. The average molecular weight is 320 g/mol. The van der Waals surface area contributed by atoms with Crippen molar-refractivity contribution in [2.45, 2.75) is 38.7 Å². The second-order valence-corrected chi connectivity index (χ2v) is 7.06. The van der Waals surface area contributed by atoms with Crippen LogP contribution in [0.15, 0.2) is 6.20 Å². The number of aromatic nitrogens is 2. The van der Waals surface area contributed by atoms with Crippen LogP contribution in [0.4, 0.5) is 0 Å². The number of nitrogens with zero attached hydrogens (tertiary/aromatic N) is 3. The molecule has 0 aromatic carbocycles. The maximum atomic E-state index is 11.9. The number of rotatable bonds is 6. The SMILES string of the molecule is CCOC1CC(CN2C[C@H](C(N)=O)[C@@H](c3cnn(C)c3C)C2)C1. The first-order valence-electron chi connectivity index (χ1n) is 8.61. The van der Waals surface area contributed by atoms with E-state index in [1.54, 1.807) is 0 Å². The summed E-state index contributed by atoms with van der Waals surface area (Å²) in [5, 5.41) is 4.33. The lowest BCUT2D eigenvalue weighted by molar-refractivity contribution is -0.121. The molecular weight excluding hydrogens is 292 g/mol. The minimum atomic E-state index is -0.193. The number of ether oxygens (including phenoxy) is 1. The Morgan fingerprint density at radius 2 is 2.17 bits per heavy atom. The van der Waals surface area contributed by atoms with Gasteiger partial charge >= 0.3 is 0 Å². The van der Waals surface area contributed by atoms with Crippen LogP contribution in [0.5, 0.6) is 0 Å². The molecule has 128 valence electrons. The molecule has 2 N–H and O–H groups in total. The number of carbonyl (C=O) groups excluding carboxylic acids is 1. The largest absolute Gasteiger partial charge is 0.378 e. The van der Waals surface area contributed by atoms with Gasteiger partial charge in [-0.3, -0.25) is 9.48 Å². The zero-order valence-corrected chi connectivity index (χ0v) is 14.4. The van der Waals surface area contributed by atoms with Crippen LogP contribution in [-0.4, -0.2) is 52.9 Å². The Labute approximate surface area is 138 Å². The number of carbonyl (C=O) groups is 1. The molecule has 1 aliphatic heterocycles. The van der Waals surface area contributed by atoms with Gasteiger partial charge in [0, 0.05) is 44.9 Å². The Morgan fingerprint density at radius 1 is 1.43 bits per heavy atom. The van der Waals surface area contributed by atoms with Gasteiger partial charge < -0.3 is 15.4 Å². The molecule has 0 spiro atoms. The summed E-state index contributed by atoms with van der Waals surface area (Å²) in [6, 6.07) is 0. The summed E-state index contributed by atoms with van der Waals surface area (Å²) < 4.78 is 7.51. The predicted molar refractivity (Wildman–Crippen MR) is 87.9 cm³/mol. The van der Waals surface area contributed by atoms with Crippen LogP contribution in [0.25, 0.3) is 0 Å². The van der Waals surface area contributed by atoms with E-state index in [1.165, 1.54) is 5.56 Å². The van der Waals surface area contributed by atoms with Crippen LogP contribution < -0.4 is 5.73 Å². The number of nitrogens with two attached hydrogens (primary N) is 1. The van der Waals surface area contributed by atoms with E-state index in [0.717, 1.165) is 44.8 Å². The second kappa shape index (κ2) is 6.61. The number of aryl methyl sites for hydroxylation is 1. The van der Waals surface area contributed by atoms with Gasteiger partial charge in [0.15, 0.2) is 0 Å². The van der Waals surface area contributed by atoms with Gasteiger partial charge in [0.2, 0.25) is 5.91 Å². The lowest BCUT2D eigenvalue weighted by atomic mass is 9.82. The van der Waals surface area contributed by atoms with Crippen LogP contribution in [0.3, 0.4) is 0 Å². The number of primary amides is 1. The van der Waals surface area contributed by atoms with Gasteiger partial charge in [-0.25, -0.2) is 0 Å². The Balaban J connectivity index is 1.63. The fourth-order valence-corrected chi connectivity index (χ4v) is 4.08. The molecule has 6 nitrogen and oxygen atoms in total. The van der Waals surface area contributed by atoms with E-state index in [9.17, 15) is 4.79 Å². The fraction of sp³-hybridized carbons (Fsp3) is 0.765. The lowest BCUT2D eigenvalue weighted by Gasteiger charge is -2.37.